The van der Waals surface area contributed by atoms with Crippen molar-refractivity contribution in [2.75, 3.05) is 0 Å². The molecule has 0 bridgehead atoms. The Bertz CT molecular complexity index is 507. The van der Waals surface area contributed by atoms with Crippen LogP contribution in [-0.4, -0.2) is 9.38 Å². The monoisotopic (exact) mass is 216 g/mol. The van der Waals surface area contributed by atoms with Gasteiger partial charge in [0.1, 0.15) is 5.82 Å². The SMILES string of the molecule is Cc1ncc2c(C(C)C)cc(C(C)C)cn12. The third-order valence-electron chi connectivity index (χ3n) is 3.17. The molecule has 0 atom stereocenters. The van der Waals surface area contributed by atoms with Crippen LogP contribution in [0.5, 0.6) is 0 Å². The van der Waals surface area contributed by atoms with Crippen LogP contribution in [0, 0.1) is 6.92 Å². The average Bonchev–Trinajstić information content (AvgIpc) is 2.59. The molecule has 0 spiro atoms. The van der Waals surface area contributed by atoms with Crippen molar-refractivity contribution in [3.63, 3.8) is 0 Å². The minimum atomic E-state index is 0.539. The lowest BCUT2D eigenvalue weighted by Crippen LogP contribution is -2.00. The largest absolute Gasteiger partial charge is 0.303 e. The molecule has 2 aromatic rings. The molecule has 2 nitrogen and oxygen atoms in total. The van der Waals surface area contributed by atoms with Gasteiger partial charge in [0.2, 0.25) is 0 Å². The molecule has 0 saturated carbocycles. The van der Waals surface area contributed by atoms with E-state index in [1.807, 2.05) is 6.20 Å². The molecule has 2 rings (SSSR count). The summed E-state index contributed by atoms with van der Waals surface area (Å²) in [6, 6.07) is 2.33. The minimum Gasteiger partial charge on any atom is -0.303 e. The van der Waals surface area contributed by atoms with E-state index in [4.69, 9.17) is 0 Å². The summed E-state index contributed by atoms with van der Waals surface area (Å²) in [4.78, 5) is 4.40. The number of imidazole rings is 1. The number of aromatic nitrogens is 2. The zero-order valence-corrected chi connectivity index (χ0v) is 10.8. The Morgan fingerprint density at radius 3 is 2.38 bits per heavy atom. The molecule has 2 heterocycles. The van der Waals surface area contributed by atoms with E-state index in [0.717, 1.165) is 5.82 Å². The third-order valence-corrected chi connectivity index (χ3v) is 3.17. The van der Waals surface area contributed by atoms with Crippen LogP contribution in [-0.2, 0) is 0 Å². The maximum absolute atomic E-state index is 4.40. The van der Waals surface area contributed by atoms with E-state index < -0.39 is 0 Å². The number of rotatable bonds is 2. The molecule has 0 saturated heterocycles. The summed E-state index contributed by atoms with van der Waals surface area (Å²) in [6.07, 6.45) is 4.20. The van der Waals surface area contributed by atoms with Crippen molar-refractivity contribution in [2.24, 2.45) is 0 Å². The number of pyridine rings is 1. The summed E-state index contributed by atoms with van der Waals surface area (Å²) in [5.74, 6) is 2.17. The second-order valence-electron chi connectivity index (χ2n) is 5.10. The zero-order chi connectivity index (χ0) is 11.9. The lowest BCUT2D eigenvalue weighted by molar-refractivity contribution is 0.819. The molecule has 0 aliphatic carbocycles. The fourth-order valence-electron chi connectivity index (χ4n) is 2.05. The highest BCUT2D eigenvalue weighted by atomic mass is 15.0. The molecule has 86 valence electrons. The van der Waals surface area contributed by atoms with Crippen LogP contribution in [0.4, 0.5) is 0 Å². The molecule has 0 unspecified atom stereocenters. The van der Waals surface area contributed by atoms with Crippen LogP contribution in [0.15, 0.2) is 18.5 Å². The molecule has 0 aliphatic heterocycles. The summed E-state index contributed by atoms with van der Waals surface area (Å²) in [5, 5.41) is 0. The van der Waals surface area contributed by atoms with Crippen LogP contribution in [0.25, 0.3) is 5.52 Å². The molecule has 0 fully saturated rings. The van der Waals surface area contributed by atoms with Gasteiger partial charge in [-0.1, -0.05) is 33.8 Å². The number of hydrogen-bond donors (Lipinski definition) is 0. The Morgan fingerprint density at radius 1 is 1.12 bits per heavy atom. The molecule has 0 aliphatic rings. The minimum absolute atomic E-state index is 0.539. The molecule has 0 aromatic carbocycles. The highest BCUT2D eigenvalue weighted by Gasteiger charge is 2.11. The summed E-state index contributed by atoms with van der Waals surface area (Å²) in [7, 11) is 0. The quantitative estimate of drug-likeness (QED) is 0.744. The Labute approximate surface area is 97.3 Å². The normalized spacial score (nSPS) is 11.9. The first-order chi connectivity index (χ1) is 7.50. The summed E-state index contributed by atoms with van der Waals surface area (Å²) < 4.78 is 2.21. The molecule has 16 heavy (non-hydrogen) atoms. The number of fused-ring (bicyclic) bond motifs is 1. The average molecular weight is 216 g/mol. The maximum atomic E-state index is 4.40. The second-order valence-corrected chi connectivity index (χ2v) is 5.10. The summed E-state index contributed by atoms with van der Waals surface area (Å²) in [5.41, 5.74) is 4.03. The Balaban J connectivity index is 2.75. The first-order valence-corrected chi connectivity index (χ1v) is 5.98. The van der Waals surface area contributed by atoms with Gasteiger partial charge in [-0.25, -0.2) is 4.98 Å². The molecule has 0 N–H and O–H groups in total. The molecule has 0 amide bonds. The topological polar surface area (TPSA) is 17.3 Å². The van der Waals surface area contributed by atoms with E-state index >= 15 is 0 Å². The van der Waals surface area contributed by atoms with Gasteiger partial charge in [0, 0.05) is 6.20 Å². The van der Waals surface area contributed by atoms with E-state index in [0.29, 0.717) is 11.8 Å². The Morgan fingerprint density at radius 2 is 1.81 bits per heavy atom. The standard InChI is InChI=1S/C14H20N2/c1-9(2)12-6-13(10(3)4)14-7-15-11(5)16(14)8-12/h6-10H,1-5H3. The Kier molecular flexibility index (Phi) is 2.75. The van der Waals surface area contributed by atoms with Crippen LogP contribution in [0.3, 0.4) is 0 Å². The maximum Gasteiger partial charge on any atom is 0.110 e. The van der Waals surface area contributed by atoms with Gasteiger partial charge in [0.25, 0.3) is 0 Å². The highest BCUT2D eigenvalue weighted by molar-refractivity contribution is 5.57. The van der Waals surface area contributed by atoms with Gasteiger partial charge in [-0.2, -0.15) is 0 Å². The highest BCUT2D eigenvalue weighted by Crippen LogP contribution is 2.26. The smallest absolute Gasteiger partial charge is 0.110 e. The van der Waals surface area contributed by atoms with E-state index in [-0.39, 0.29) is 0 Å². The van der Waals surface area contributed by atoms with Gasteiger partial charge >= 0.3 is 0 Å². The van der Waals surface area contributed by atoms with E-state index in [9.17, 15) is 0 Å². The van der Waals surface area contributed by atoms with Crippen LogP contribution in [0.1, 0.15) is 56.5 Å². The predicted molar refractivity (Wildman–Crippen MR) is 68.1 cm³/mol. The van der Waals surface area contributed by atoms with Gasteiger partial charge in [0.15, 0.2) is 0 Å². The van der Waals surface area contributed by atoms with Crippen molar-refractivity contribution in [1.82, 2.24) is 9.38 Å². The molecular formula is C14H20N2. The lowest BCUT2D eigenvalue weighted by Gasteiger charge is -2.14. The van der Waals surface area contributed by atoms with Crippen LogP contribution < -0.4 is 0 Å². The predicted octanol–water partition coefficient (Wildman–Crippen LogP) is 3.89. The molecule has 2 aromatic heterocycles. The van der Waals surface area contributed by atoms with Gasteiger partial charge in [0.05, 0.1) is 11.7 Å². The fraction of sp³-hybridized carbons (Fsp3) is 0.500. The molecular weight excluding hydrogens is 196 g/mol. The fourth-order valence-corrected chi connectivity index (χ4v) is 2.05. The van der Waals surface area contributed by atoms with Crippen molar-refractivity contribution in [3.8, 4) is 0 Å². The summed E-state index contributed by atoms with van der Waals surface area (Å²) >= 11 is 0. The summed E-state index contributed by atoms with van der Waals surface area (Å²) in [6.45, 7) is 11.0. The first-order valence-electron chi connectivity index (χ1n) is 5.98. The van der Waals surface area contributed by atoms with E-state index in [1.54, 1.807) is 0 Å². The number of aryl methyl sites for hydroxylation is 1. The van der Waals surface area contributed by atoms with Gasteiger partial charge in [-0.05, 0) is 29.9 Å². The van der Waals surface area contributed by atoms with Gasteiger partial charge in [-0.15, -0.1) is 0 Å². The zero-order valence-electron chi connectivity index (χ0n) is 10.8. The van der Waals surface area contributed by atoms with Crippen molar-refractivity contribution in [1.29, 1.82) is 0 Å². The molecule has 0 radical (unpaired) electrons. The van der Waals surface area contributed by atoms with E-state index in [1.165, 1.54) is 16.6 Å². The number of hydrogen-bond acceptors (Lipinski definition) is 1. The van der Waals surface area contributed by atoms with E-state index in [2.05, 4.69) is 56.3 Å². The Hall–Kier alpha value is -1.31. The van der Waals surface area contributed by atoms with Crippen LogP contribution in [0.2, 0.25) is 0 Å². The van der Waals surface area contributed by atoms with Crippen molar-refractivity contribution in [3.05, 3.63) is 35.4 Å². The third kappa shape index (κ3) is 1.73. The first kappa shape index (κ1) is 11.2. The van der Waals surface area contributed by atoms with Gasteiger partial charge < -0.3 is 4.40 Å². The second kappa shape index (κ2) is 3.93. The van der Waals surface area contributed by atoms with Crippen molar-refractivity contribution in [2.45, 2.75) is 46.5 Å². The molecule has 2 heteroatoms. The number of nitrogens with zero attached hydrogens (tertiary/aromatic N) is 2. The van der Waals surface area contributed by atoms with Crippen molar-refractivity contribution < 1.29 is 0 Å². The van der Waals surface area contributed by atoms with Crippen molar-refractivity contribution >= 4 is 5.52 Å². The van der Waals surface area contributed by atoms with Crippen LogP contribution >= 0.6 is 0 Å². The lowest BCUT2D eigenvalue weighted by atomic mass is 9.97. The van der Waals surface area contributed by atoms with Gasteiger partial charge in [-0.3, -0.25) is 0 Å².